The lowest BCUT2D eigenvalue weighted by atomic mass is 9.82. The number of rotatable bonds is 3. The van der Waals surface area contributed by atoms with E-state index in [9.17, 15) is 0 Å². The van der Waals surface area contributed by atoms with Crippen molar-refractivity contribution in [3.8, 4) is 39.1 Å². The summed E-state index contributed by atoms with van der Waals surface area (Å²) in [5.74, 6) is 0. The second-order valence-electron chi connectivity index (χ2n) is 15.3. The van der Waals surface area contributed by atoms with Gasteiger partial charge in [0.2, 0.25) is 0 Å². The van der Waals surface area contributed by atoms with Crippen molar-refractivity contribution in [1.82, 2.24) is 4.57 Å². The van der Waals surface area contributed by atoms with Gasteiger partial charge in [0.1, 0.15) is 11.2 Å². The first-order chi connectivity index (χ1) is 26.5. The molecule has 0 atom stereocenters. The molecule has 12 rings (SSSR count). The van der Waals surface area contributed by atoms with Gasteiger partial charge in [-0.1, -0.05) is 129 Å². The van der Waals surface area contributed by atoms with Crippen LogP contribution in [0.25, 0.3) is 103 Å². The number of hydrogen-bond donors (Lipinski definition) is 0. The minimum Gasteiger partial charge on any atom is -0.456 e. The number of benzene rings is 8. The molecule has 3 heteroatoms. The van der Waals surface area contributed by atoms with Gasteiger partial charge in [0.05, 0.1) is 11.0 Å². The molecule has 2 nitrogen and oxygen atoms in total. The smallest absolute Gasteiger partial charge is 0.135 e. The van der Waals surface area contributed by atoms with Crippen molar-refractivity contribution in [3.05, 3.63) is 175 Å². The Balaban J connectivity index is 0.974. The van der Waals surface area contributed by atoms with E-state index in [1.807, 2.05) is 23.5 Å². The molecule has 0 bridgehead atoms. The summed E-state index contributed by atoms with van der Waals surface area (Å²) in [7, 11) is 0. The van der Waals surface area contributed by atoms with Crippen molar-refractivity contribution in [2.24, 2.45) is 0 Å². The zero-order chi connectivity index (χ0) is 35.7. The zero-order valence-electron chi connectivity index (χ0n) is 29.9. The second-order valence-corrected chi connectivity index (χ2v) is 16.3. The Hall–Kier alpha value is -6.42. The molecule has 54 heavy (non-hydrogen) atoms. The molecule has 0 spiro atoms. The Morgan fingerprint density at radius 2 is 1.09 bits per heavy atom. The second kappa shape index (κ2) is 10.8. The Kier molecular flexibility index (Phi) is 6.03. The number of hydrogen-bond acceptors (Lipinski definition) is 2. The van der Waals surface area contributed by atoms with Gasteiger partial charge in [0.15, 0.2) is 0 Å². The topological polar surface area (TPSA) is 18.1 Å². The third-order valence-electron chi connectivity index (χ3n) is 12.0. The van der Waals surface area contributed by atoms with Gasteiger partial charge in [-0.25, -0.2) is 0 Å². The van der Waals surface area contributed by atoms with Gasteiger partial charge in [-0.05, 0) is 87.5 Å². The highest BCUT2D eigenvalue weighted by atomic mass is 32.1. The average Bonchev–Trinajstić information content (AvgIpc) is 3.94. The summed E-state index contributed by atoms with van der Waals surface area (Å²) in [4.78, 5) is 0. The van der Waals surface area contributed by atoms with Crippen molar-refractivity contribution in [2.45, 2.75) is 19.3 Å². The van der Waals surface area contributed by atoms with Gasteiger partial charge in [-0.15, -0.1) is 11.3 Å². The molecule has 11 aromatic rings. The van der Waals surface area contributed by atoms with Crippen molar-refractivity contribution in [3.63, 3.8) is 0 Å². The van der Waals surface area contributed by atoms with E-state index >= 15 is 0 Å². The van der Waals surface area contributed by atoms with Gasteiger partial charge in [0.25, 0.3) is 0 Å². The summed E-state index contributed by atoms with van der Waals surface area (Å²) < 4.78 is 11.3. The third-order valence-corrected chi connectivity index (χ3v) is 13.3. The Morgan fingerprint density at radius 1 is 0.444 bits per heavy atom. The summed E-state index contributed by atoms with van der Waals surface area (Å²) in [6.07, 6.45) is 0. The maximum Gasteiger partial charge on any atom is 0.135 e. The van der Waals surface area contributed by atoms with Crippen LogP contribution in [0.5, 0.6) is 0 Å². The molecule has 0 N–H and O–H groups in total. The summed E-state index contributed by atoms with van der Waals surface area (Å²) in [5, 5.41) is 7.48. The van der Waals surface area contributed by atoms with Crippen LogP contribution >= 0.6 is 11.3 Å². The fraction of sp³-hybridized carbons (Fsp3) is 0.0588. The van der Waals surface area contributed by atoms with Crippen molar-refractivity contribution >= 4 is 75.3 Å². The molecule has 3 heterocycles. The lowest BCUT2D eigenvalue weighted by Gasteiger charge is -2.21. The highest BCUT2D eigenvalue weighted by molar-refractivity contribution is 7.27. The van der Waals surface area contributed by atoms with Crippen LogP contribution in [0, 0.1) is 0 Å². The fourth-order valence-electron chi connectivity index (χ4n) is 9.40. The molecule has 0 fully saturated rings. The summed E-state index contributed by atoms with van der Waals surface area (Å²) in [6, 6.07) is 60.2. The van der Waals surface area contributed by atoms with Gasteiger partial charge >= 0.3 is 0 Å². The van der Waals surface area contributed by atoms with Crippen LogP contribution < -0.4 is 0 Å². The zero-order valence-corrected chi connectivity index (χ0v) is 30.7. The first-order valence-corrected chi connectivity index (χ1v) is 19.5. The number of thiophene rings is 1. The SMILES string of the molecule is CC1(C)c2ccccc2-c2c1ccc1c2sc2c(-c3ccc(-n4c5ccccc5c5cc(-c6ccc7oc8ccccc8c7c6)ccc54)cc3)cccc21. The van der Waals surface area contributed by atoms with Gasteiger partial charge < -0.3 is 8.98 Å². The lowest BCUT2D eigenvalue weighted by Crippen LogP contribution is -2.14. The number of nitrogens with zero attached hydrogens (tertiary/aromatic N) is 1. The fourth-order valence-corrected chi connectivity index (χ4v) is 10.8. The predicted molar refractivity (Wildman–Crippen MR) is 229 cm³/mol. The van der Waals surface area contributed by atoms with Gasteiger partial charge in [-0.2, -0.15) is 0 Å². The number of para-hydroxylation sites is 2. The number of fused-ring (bicyclic) bond motifs is 13. The van der Waals surface area contributed by atoms with Crippen molar-refractivity contribution < 1.29 is 4.42 Å². The van der Waals surface area contributed by atoms with Crippen LogP contribution in [0.4, 0.5) is 0 Å². The molecule has 0 unspecified atom stereocenters. The monoisotopic (exact) mass is 707 g/mol. The van der Waals surface area contributed by atoms with E-state index < -0.39 is 0 Å². The maximum absolute atomic E-state index is 6.13. The highest BCUT2D eigenvalue weighted by Gasteiger charge is 2.36. The Morgan fingerprint density at radius 3 is 1.98 bits per heavy atom. The van der Waals surface area contributed by atoms with E-state index in [-0.39, 0.29) is 5.41 Å². The van der Waals surface area contributed by atoms with E-state index in [1.54, 1.807) is 0 Å². The van der Waals surface area contributed by atoms with E-state index in [1.165, 1.54) is 86.5 Å². The van der Waals surface area contributed by atoms with Crippen LogP contribution in [0.2, 0.25) is 0 Å². The summed E-state index contributed by atoms with van der Waals surface area (Å²) in [6.45, 7) is 4.73. The van der Waals surface area contributed by atoms with E-state index in [0.29, 0.717) is 0 Å². The molecule has 3 aromatic heterocycles. The van der Waals surface area contributed by atoms with Crippen LogP contribution in [0.15, 0.2) is 168 Å². The molecule has 1 aliphatic rings. The quantitative estimate of drug-likeness (QED) is 0.179. The summed E-state index contributed by atoms with van der Waals surface area (Å²) in [5.41, 5.74) is 16.0. The number of furan rings is 1. The van der Waals surface area contributed by atoms with E-state index in [0.717, 1.165) is 27.6 Å². The van der Waals surface area contributed by atoms with Crippen LogP contribution in [-0.2, 0) is 5.41 Å². The first kappa shape index (κ1) is 30.1. The molecule has 254 valence electrons. The molecule has 0 saturated carbocycles. The van der Waals surface area contributed by atoms with E-state index in [4.69, 9.17) is 4.42 Å². The predicted octanol–water partition coefficient (Wildman–Crippen LogP) is 14.7. The lowest BCUT2D eigenvalue weighted by molar-refractivity contribution is 0.661. The standard InChI is InChI=1S/C51H33NOS/c1-51(2)42-15-6-3-12-39(42)48-43(51)25-24-38-37-14-9-13-34(49(37)54-50(38)48)30-18-22-33(23-19-30)52-44-16-7-4-10-35(44)40-28-31(20-26-45(40)52)32-21-27-47-41(29-32)36-11-5-8-17-46(36)53-47/h3-29H,1-2H3. The van der Waals surface area contributed by atoms with Gasteiger partial charge in [0, 0.05) is 58.4 Å². The first-order valence-electron chi connectivity index (χ1n) is 18.7. The minimum atomic E-state index is -0.00671. The Bertz CT molecular complexity index is 3350. The number of aromatic nitrogens is 1. The molecule has 1 aliphatic carbocycles. The van der Waals surface area contributed by atoms with Crippen LogP contribution in [0.1, 0.15) is 25.0 Å². The summed E-state index contributed by atoms with van der Waals surface area (Å²) >= 11 is 1.95. The van der Waals surface area contributed by atoms with Crippen molar-refractivity contribution in [2.75, 3.05) is 0 Å². The molecule has 0 amide bonds. The van der Waals surface area contributed by atoms with Gasteiger partial charge in [-0.3, -0.25) is 0 Å². The normalized spacial score (nSPS) is 13.5. The van der Waals surface area contributed by atoms with Crippen molar-refractivity contribution in [1.29, 1.82) is 0 Å². The highest BCUT2D eigenvalue weighted by Crippen LogP contribution is 2.54. The van der Waals surface area contributed by atoms with Crippen LogP contribution in [0.3, 0.4) is 0 Å². The molecule has 8 aromatic carbocycles. The molecule has 0 radical (unpaired) electrons. The average molecular weight is 708 g/mol. The molecule has 0 aliphatic heterocycles. The molecular formula is C51H33NOS. The largest absolute Gasteiger partial charge is 0.456 e. The maximum atomic E-state index is 6.13. The Labute approximate surface area is 316 Å². The minimum absolute atomic E-state index is 0.00671. The van der Waals surface area contributed by atoms with E-state index in [2.05, 4.69) is 170 Å². The molecule has 0 saturated heterocycles. The molecular weight excluding hydrogens is 675 g/mol. The van der Waals surface area contributed by atoms with Crippen LogP contribution in [-0.4, -0.2) is 4.57 Å². The third kappa shape index (κ3) is 4.05.